The Morgan fingerprint density at radius 2 is 1.86 bits per heavy atom. The van der Waals surface area contributed by atoms with Crippen molar-refractivity contribution in [3.05, 3.63) is 5.82 Å². The zero-order chi connectivity index (χ0) is 20.2. The number of tetrazole rings is 1. The lowest BCUT2D eigenvalue weighted by atomic mass is 9.48. The summed E-state index contributed by atoms with van der Waals surface area (Å²) in [6.45, 7) is 10.4. The average molecular weight is 399 g/mol. The summed E-state index contributed by atoms with van der Waals surface area (Å²) in [4.78, 5) is 1.85. The topological polar surface area (TPSA) is 43.6 Å². The van der Waals surface area contributed by atoms with E-state index in [1.165, 1.54) is 51.4 Å². The average Bonchev–Trinajstić information content (AvgIpc) is 3.29. The molecular weight excluding hydrogens is 356 g/mol. The summed E-state index contributed by atoms with van der Waals surface area (Å²) in [7, 11) is 0. The van der Waals surface area contributed by atoms with Crippen LogP contribution in [0.25, 0.3) is 0 Å². The van der Waals surface area contributed by atoms with E-state index >= 15 is 0 Å². The predicted molar refractivity (Wildman–Crippen MR) is 116 cm³/mol. The van der Waals surface area contributed by atoms with E-state index in [9.17, 15) is 0 Å². The van der Waals surface area contributed by atoms with Crippen LogP contribution < -0.4 is 0 Å². The quantitative estimate of drug-likeness (QED) is 0.633. The summed E-state index contributed by atoms with van der Waals surface area (Å²) in [6.07, 6.45) is 15.0. The fourth-order valence-corrected chi connectivity index (χ4v) is 9.08. The number of hydrogen-bond donors (Lipinski definition) is 0. The molecule has 0 radical (unpaired) electrons. The van der Waals surface area contributed by atoms with Crippen LogP contribution in [0.4, 0.5) is 0 Å². The Hall–Kier alpha value is -0.930. The Morgan fingerprint density at radius 3 is 2.62 bits per heavy atom. The standard InChI is InChI=1S/C25H42N4/c1-5-18-6-8-20-19(14-18)7-9-22-21(20)12-13-25(4)23(10-11-24(22)25)16(2)15-29-27-17(3)26-28-29/h16,18-24H,5-15H2,1-4H3/t16-,18+,19-,20+,21?,22-,23?,24?,25-/m1/s1. The number of rotatable bonds is 4. The number of fused-ring (bicyclic) bond motifs is 5. The molecule has 4 aliphatic carbocycles. The molecule has 0 aliphatic heterocycles. The number of aromatic nitrogens is 4. The lowest BCUT2D eigenvalue weighted by Gasteiger charge is -2.57. The van der Waals surface area contributed by atoms with Crippen LogP contribution in [0.1, 0.15) is 90.8 Å². The van der Waals surface area contributed by atoms with E-state index < -0.39 is 0 Å². The number of nitrogens with zero attached hydrogens (tertiary/aromatic N) is 4. The van der Waals surface area contributed by atoms with Gasteiger partial charge in [0.1, 0.15) is 0 Å². The maximum Gasteiger partial charge on any atom is 0.171 e. The first-order valence-electron chi connectivity index (χ1n) is 12.7. The Morgan fingerprint density at radius 1 is 1.03 bits per heavy atom. The molecule has 4 heteroatoms. The normalized spacial score (nSPS) is 45.3. The minimum Gasteiger partial charge on any atom is -0.164 e. The summed E-state index contributed by atoms with van der Waals surface area (Å²) in [5.41, 5.74) is 0.545. The third-order valence-corrected chi connectivity index (χ3v) is 10.4. The van der Waals surface area contributed by atoms with Crippen LogP contribution in [-0.2, 0) is 6.54 Å². The smallest absolute Gasteiger partial charge is 0.164 e. The van der Waals surface area contributed by atoms with Crippen molar-refractivity contribution in [3.8, 4) is 0 Å². The molecule has 4 fully saturated rings. The van der Waals surface area contributed by atoms with Gasteiger partial charge < -0.3 is 0 Å². The Labute approximate surface area is 177 Å². The molecule has 0 bridgehead atoms. The van der Waals surface area contributed by atoms with Gasteiger partial charge in [-0.25, -0.2) is 0 Å². The zero-order valence-corrected chi connectivity index (χ0v) is 19.2. The highest BCUT2D eigenvalue weighted by Gasteiger charge is 2.57. The molecule has 4 saturated carbocycles. The molecule has 1 aromatic rings. The van der Waals surface area contributed by atoms with Gasteiger partial charge in [0.15, 0.2) is 5.82 Å². The second kappa shape index (κ2) is 7.64. The van der Waals surface area contributed by atoms with Crippen LogP contribution >= 0.6 is 0 Å². The van der Waals surface area contributed by atoms with E-state index in [4.69, 9.17) is 0 Å². The van der Waals surface area contributed by atoms with Gasteiger partial charge in [0.05, 0.1) is 6.54 Å². The SMILES string of the molecule is CC[C@H]1CC[C@@H]2C3CC[C@@]4(C)C(CCC4[C@H](C)Cn4nnc(C)n4)[C@@H]3CC[C@@H]2C1. The van der Waals surface area contributed by atoms with Crippen molar-refractivity contribution in [2.45, 2.75) is 98.4 Å². The summed E-state index contributed by atoms with van der Waals surface area (Å²) in [6, 6.07) is 0. The molecule has 3 unspecified atom stereocenters. The van der Waals surface area contributed by atoms with Gasteiger partial charge in [-0.15, -0.1) is 10.2 Å². The number of hydrogen-bond acceptors (Lipinski definition) is 3. The molecule has 0 saturated heterocycles. The fraction of sp³-hybridized carbons (Fsp3) is 0.960. The van der Waals surface area contributed by atoms with Gasteiger partial charge in [-0.3, -0.25) is 0 Å². The van der Waals surface area contributed by atoms with Crippen LogP contribution in [0, 0.1) is 59.7 Å². The van der Waals surface area contributed by atoms with Gasteiger partial charge in [0.2, 0.25) is 0 Å². The van der Waals surface area contributed by atoms with Crippen molar-refractivity contribution >= 4 is 0 Å². The summed E-state index contributed by atoms with van der Waals surface area (Å²) in [5.74, 6) is 8.49. The maximum absolute atomic E-state index is 4.47. The van der Waals surface area contributed by atoms with Gasteiger partial charge in [-0.1, -0.05) is 33.6 Å². The van der Waals surface area contributed by atoms with Crippen LogP contribution in [0.2, 0.25) is 0 Å². The first-order valence-corrected chi connectivity index (χ1v) is 12.7. The molecular formula is C25H42N4. The molecule has 0 spiro atoms. The second-order valence-electron chi connectivity index (χ2n) is 11.6. The molecule has 1 aromatic heterocycles. The third kappa shape index (κ3) is 3.37. The van der Waals surface area contributed by atoms with Gasteiger partial charge >= 0.3 is 0 Å². The second-order valence-corrected chi connectivity index (χ2v) is 11.6. The van der Waals surface area contributed by atoms with Gasteiger partial charge in [0, 0.05) is 0 Å². The van der Waals surface area contributed by atoms with Crippen molar-refractivity contribution in [2.75, 3.05) is 0 Å². The Kier molecular flexibility index (Phi) is 5.27. The van der Waals surface area contributed by atoms with Crippen LogP contribution in [0.3, 0.4) is 0 Å². The fourth-order valence-electron chi connectivity index (χ4n) is 9.08. The van der Waals surface area contributed by atoms with E-state index in [1.807, 2.05) is 11.7 Å². The molecule has 29 heavy (non-hydrogen) atoms. The molecule has 0 N–H and O–H groups in total. The van der Waals surface area contributed by atoms with Crippen LogP contribution in [0.5, 0.6) is 0 Å². The zero-order valence-electron chi connectivity index (χ0n) is 19.2. The first-order chi connectivity index (χ1) is 14.0. The largest absolute Gasteiger partial charge is 0.171 e. The Balaban J connectivity index is 1.29. The monoisotopic (exact) mass is 398 g/mol. The van der Waals surface area contributed by atoms with Crippen LogP contribution in [0.15, 0.2) is 0 Å². The van der Waals surface area contributed by atoms with E-state index in [-0.39, 0.29) is 0 Å². The molecule has 5 rings (SSSR count). The minimum atomic E-state index is 0.545. The summed E-state index contributed by atoms with van der Waals surface area (Å²) < 4.78 is 0. The van der Waals surface area contributed by atoms with Gasteiger partial charge in [-0.2, -0.15) is 4.80 Å². The lowest BCUT2D eigenvalue weighted by molar-refractivity contribution is -0.0749. The number of aryl methyl sites for hydroxylation is 1. The van der Waals surface area contributed by atoms with E-state index in [0.717, 1.165) is 53.8 Å². The van der Waals surface area contributed by atoms with Crippen molar-refractivity contribution in [1.29, 1.82) is 0 Å². The first kappa shape index (κ1) is 20.0. The molecule has 4 nitrogen and oxygen atoms in total. The van der Waals surface area contributed by atoms with E-state index in [2.05, 4.69) is 36.2 Å². The van der Waals surface area contributed by atoms with Crippen molar-refractivity contribution in [1.82, 2.24) is 20.2 Å². The molecule has 0 aromatic carbocycles. The highest BCUT2D eigenvalue weighted by Crippen LogP contribution is 2.65. The van der Waals surface area contributed by atoms with E-state index in [1.54, 1.807) is 12.8 Å². The molecule has 4 aliphatic rings. The molecule has 1 heterocycles. The highest BCUT2D eigenvalue weighted by molar-refractivity contribution is 5.06. The van der Waals surface area contributed by atoms with Gasteiger partial charge in [-0.05, 0) is 116 Å². The highest BCUT2D eigenvalue weighted by atomic mass is 15.6. The minimum absolute atomic E-state index is 0.545. The third-order valence-electron chi connectivity index (χ3n) is 10.4. The maximum atomic E-state index is 4.47. The molecule has 162 valence electrons. The van der Waals surface area contributed by atoms with Crippen molar-refractivity contribution < 1.29 is 0 Å². The Bertz CT molecular complexity index is 713. The van der Waals surface area contributed by atoms with Gasteiger partial charge in [0.25, 0.3) is 0 Å². The molecule has 0 amide bonds. The van der Waals surface area contributed by atoms with Crippen molar-refractivity contribution in [2.24, 2.45) is 52.8 Å². The lowest BCUT2D eigenvalue weighted by Crippen LogP contribution is -2.49. The van der Waals surface area contributed by atoms with Crippen LogP contribution in [-0.4, -0.2) is 20.2 Å². The van der Waals surface area contributed by atoms with E-state index in [0.29, 0.717) is 11.3 Å². The van der Waals surface area contributed by atoms with Crippen molar-refractivity contribution in [3.63, 3.8) is 0 Å². The summed E-state index contributed by atoms with van der Waals surface area (Å²) in [5, 5.41) is 12.8. The summed E-state index contributed by atoms with van der Waals surface area (Å²) >= 11 is 0. The molecule has 9 atom stereocenters. The predicted octanol–water partition coefficient (Wildman–Crippen LogP) is 5.91.